The Bertz CT molecular complexity index is 2790. The molecule has 0 aliphatic carbocycles. The normalized spacial score (nSPS) is 48.5. The van der Waals surface area contributed by atoms with Crippen LogP contribution in [-0.4, -0.2) is 282 Å². The van der Waals surface area contributed by atoms with Gasteiger partial charge in [-0.05, 0) is 61.0 Å². The molecule has 31 atom stereocenters. The van der Waals surface area contributed by atoms with Crippen molar-refractivity contribution in [1.29, 1.82) is 0 Å². The fraction of sp³-hybridized carbons (Fsp3) is 0.847. The molecule has 0 radical (unpaired) electrons. The summed E-state index contributed by atoms with van der Waals surface area (Å²) in [4.78, 5) is 39.4. The molecular formula is C59H85ClO32. The minimum absolute atomic E-state index is 0.0565. The van der Waals surface area contributed by atoms with Gasteiger partial charge in [-0.1, -0.05) is 25.4 Å². The van der Waals surface area contributed by atoms with E-state index in [1.807, 2.05) is 0 Å². The van der Waals surface area contributed by atoms with Crippen LogP contribution in [0, 0.1) is 12.8 Å². The standard InChI is InChI=1S/C59H85ClO32/c1-20(2)51(69)84-47-44-33(89-59(90-44)50-49(75-19-76-50)58(71,26(8)61)27(9)88-59)18-74-54(47)86-55-46(73-12)39(67)43(32(80-55)17-72-11)85-53-40(68)45(38(66)22(4)79-53)82-35-16-56(10)48(25(7)78-35)91-57(92-56)15-31(65)42(24(6)87-57)81-34-14-30(64)41(23(5)77-34)83-52(70)36-21(3)37(60)29(63)13-28(36)62/h13,20,22-25,27,30-35,38-50,53-55,62-68,71H,14-19H2,1-12H3/t22-,23-,24-,25-,27-,30-,31-,32-,33+,34+,35+,38+,39+,40-,41-,42-,43-,44-,45+,46+,47-,48-,49-,50-,53+,54-,55+,56-,57?,58+,59-/m1/s1. The first-order valence-electron chi connectivity index (χ1n) is 30.8. The molecule has 11 rings (SSSR count). The number of carbonyl (C=O) groups is 3. The van der Waals surface area contributed by atoms with Gasteiger partial charge >= 0.3 is 17.9 Å². The maximum Gasteiger partial charge on any atom is 0.342 e. The molecule has 10 aliphatic rings. The van der Waals surface area contributed by atoms with Crippen LogP contribution in [0.4, 0.5) is 0 Å². The van der Waals surface area contributed by atoms with E-state index in [2.05, 4.69) is 0 Å². The highest BCUT2D eigenvalue weighted by Crippen LogP contribution is 2.53. The lowest BCUT2D eigenvalue weighted by Crippen LogP contribution is -2.72. The second kappa shape index (κ2) is 26.9. The van der Waals surface area contributed by atoms with Crippen molar-refractivity contribution in [3.8, 4) is 11.5 Å². The molecule has 10 fully saturated rings. The highest BCUT2D eigenvalue weighted by molar-refractivity contribution is 6.33. The van der Waals surface area contributed by atoms with Crippen LogP contribution in [0.25, 0.3) is 0 Å². The number of carbonyl (C=O) groups excluding carboxylic acids is 3. The molecule has 33 heteroatoms. The minimum Gasteiger partial charge on any atom is -0.507 e. The van der Waals surface area contributed by atoms with Crippen molar-refractivity contribution in [2.75, 3.05) is 34.2 Å². The van der Waals surface area contributed by atoms with Crippen LogP contribution in [0.2, 0.25) is 5.02 Å². The number of ether oxygens (including phenoxy) is 21. The van der Waals surface area contributed by atoms with E-state index in [9.17, 15) is 55.2 Å². The van der Waals surface area contributed by atoms with Crippen LogP contribution in [0.5, 0.6) is 11.5 Å². The summed E-state index contributed by atoms with van der Waals surface area (Å²) in [5.41, 5.74) is -3.60. The van der Waals surface area contributed by atoms with Crippen LogP contribution in [0.1, 0.15) is 97.5 Å². The van der Waals surface area contributed by atoms with Gasteiger partial charge in [0.05, 0.1) is 73.3 Å². The third-order valence-electron chi connectivity index (χ3n) is 18.9. The summed E-state index contributed by atoms with van der Waals surface area (Å²) in [5.74, 6) is -7.90. The fourth-order valence-corrected chi connectivity index (χ4v) is 14.2. The number of halogens is 1. The first kappa shape index (κ1) is 70.1. The quantitative estimate of drug-likeness (QED) is 0.0962. The Morgan fingerprint density at radius 1 is 0.674 bits per heavy atom. The molecule has 8 N–H and O–H groups in total. The number of hydrogen-bond acceptors (Lipinski definition) is 32. The second-order valence-electron chi connectivity index (χ2n) is 25.7. The van der Waals surface area contributed by atoms with E-state index < -0.39 is 224 Å². The fourth-order valence-electron chi connectivity index (χ4n) is 14.1. The van der Waals surface area contributed by atoms with Crippen molar-refractivity contribution in [2.45, 2.75) is 277 Å². The number of phenolic OH excluding ortho intramolecular Hbond substituents is 2. The van der Waals surface area contributed by atoms with Gasteiger partial charge in [0.25, 0.3) is 5.97 Å². The van der Waals surface area contributed by atoms with Gasteiger partial charge in [-0.3, -0.25) is 9.59 Å². The Kier molecular flexibility index (Phi) is 20.5. The average molecular weight is 1340 g/mol. The van der Waals surface area contributed by atoms with Crippen molar-refractivity contribution in [2.24, 2.45) is 5.92 Å². The van der Waals surface area contributed by atoms with Crippen LogP contribution in [-0.2, 0) is 109 Å². The highest BCUT2D eigenvalue weighted by atomic mass is 35.5. The Morgan fingerprint density at radius 3 is 2.05 bits per heavy atom. The molecule has 10 aliphatic heterocycles. The summed E-state index contributed by atoms with van der Waals surface area (Å²) in [5, 5.41) is 90.4. The summed E-state index contributed by atoms with van der Waals surface area (Å²) in [6.45, 7) is 14.6. The summed E-state index contributed by atoms with van der Waals surface area (Å²) >= 11 is 6.10. The number of hydrogen-bond donors (Lipinski definition) is 8. The van der Waals surface area contributed by atoms with Gasteiger partial charge in [0, 0.05) is 33.1 Å². The van der Waals surface area contributed by atoms with E-state index in [-0.39, 0.29) is 55.4 Å². The molecule has 1 unspecified atom stereocenters. The number of esters is 2. The van der Waals surface area contributed by atoms with Crippen molar-refractivity contribution in [3.63, 3.8) is 0 Å². The molecule has 10 saturated heterocycles. The van der Waals surface area contributed by atoms with E-state index in [4.69, 9.17) is 111 Å². The van der Waals surface area contributed by atoms with Gasteiger partial charge in [-0.25, -0.2) is 4.79 Å². The molecule has 1 aromatic carbocycles. The summed E-state index contributed by atoms with van der Waals surface area (Å²) in [6.07, 6.45) is -34.6. The number of methoxy groups -OCH3 is 2. The predicted molar refractivity (Wildman–Crippen MR) is 298 cm³/mol. The van der Waals surface area contributed by atoms with E-state index in [0.29, 0.717) is 0 Å². The van der Waals surface area contributed by atoms with Gasteiger partial charge in [-0.2, -0.15) is 0 Å². The molecule has 1 aromatic rings. The number of rotatable bonds is 16. The second-order valence-corrected chi connectivity index (χ2v) is 26.1. The van der Waals surface area contributed by atoms with Gasteiger partial charge in [0.2, 0.25) is 6.29 Å². The molecule has 0 amide bonds. The number of aliphatic hydroxyl groups excluding tert-OH is 5. The average Bonchev–Trinajstić information content (AvgIpc) is 1.51. The molecule has 10 heterocycles. The van der Waals surface area contributed by atoms with Crippen LogP contribution in [0.3, 0.4) is 0 Å². The largest absolute Gasteiger partial charge is 0.507 e. The van der Waals surface area contributed by atoms with Gasteiger partial charge in [0.15, 0.2) is 54.9 Å². The first-order chi connectivity index (χ1) is 43.4. The maximum atomic E-state index is 13.4. The number of benzene rings is 1. The smallest absolute Gasteiger partial charge is 0.342 e. The number of aliphatic hydroxyl groups is 6. The molecule has 2 spiro atoms. The molecule has 32 nitrogen and oxygen atoms in total. The summed E-state index contributed by atoms with van der Waals surface area (Å²) in [7, 11) is 2.64. The Balaban J connectivity index is 0.716. The molecule has 520 valence electrons. The Labute approximate surface area is 533 Å². The lowest BCUT2D eigenvalue weighted by atomic mass is 9.81. The maximum absolute atomic E-state index is 13.4. The number of fused-ring (bicyclic) bond motifs is 4. The third kappa shape index (κ3) is 12.7. The van der Waals surface area contributed by atoms with Crippen molar-refractivity contribution < 1.29 is 155 Å². The zero-order valence-corrected chi connectivity index (χ0v) is 53.5. The molecule has 0 aromatic heterocycles. The van der Waals surface area contributed by atoms with E-state index in [1.54, 1.807) is 41.5 Å². The Morgan fingerprint density at radius 2 is 1.38 bits per heavy atom. The number of phenols is 2. The van der Waals surface area contributed by atoms with Gasteiger partial charge < -0.3 is 140 Å². The number of Topliss-reactive ketones (excluding diaryl/α,β-unsaturated/α-hetero) is 1. The lowest BCUT2D eigenvalue weighted by molar-refractivity contribution is -0.428. The zero-order valence-electron chi connectivity index (χ0n) is 52.7. The van der Waals surface area contributed by atoms with Crippen molar-refractivity contribution in [1.82, 2.24) is 0 Å². The summed E-state index contributed by atoms with van der Waals surface area (Å²) < 4.78 is 129. The molecule has 0 saturated carbocycles. The zero-order chi connectivity index (χ0) is 66.6. The van der Waals surface area contributed by atoms with Crippen molar-refractivity contribution >= 4 is 29.3 Å². The van der Waals surface area contributed by atoms with E-state index in [1.165, 1.54) is 41.9 Å². The predicted octanol–water partition coefficient (Wildman–Crippen LogP) is -0.558. The SMILES string of the molecule is COC[C@H]1O[C@@H](O[C@H]2OC[C@@H]3O[C@]4(O[C@H]3[C@H]2OC(=O)C(C)C)O[C@H](C)[C@@](O)(C(C)=O)[C@@H]2OCO[C@H]24)[C@@H](OC)[C@@H](O)[C@@H]1O[C@@H]1O[C@H](C)[C@H](O)[C@H](O[C@H]2C[C@@]3(C)OC4(C[C@@H](O)[C@H](O[C@H]5C[C@@H](O)[C@H](OC(=O)c6c(O)cc(O)c(Cl)c6C)[C@@H](C)O5)[C@@H](C)O4)O[C@@H]3[C@@H](C)O2)[C@H]1O. The minimum atomic E-state index is -2.13. The van der Waals surface area contributed by atoms with Crippen LogP contribution >= 0.6 is 11.6 Å². The third-order valence-corrected chi connectivity index (χ3v) is 19.3. The summed E-state index contributed by atoms with van der Waals surface area (Å²) in [6, 6.07) is 0.905. The lowest BCUT2D eigenvalue weighted by Gasteiger charge is -2.49. The van der Waals surface area contributed by atoms with Gasteiger partial charge in [0.1, 0.15) is 103 Å². The van der Waals surface area contributed by atoms with E-state index >= 15 is 0 Å². The van der Waals surface area contributed by atoms with Crippen LogP contribution in [0.15, 0.2) is 6.07 Å². The number of aromatic hydroxyl groups is 2. The number of ketones is 1. The molecule has 0 bridgehead atoms. The first-order valence-corrected chi connectivity index (χ1v) is 31.2. The highest BCUT2D eigenvalue weighted by Gasteiger charge is 2.73. The molecule has 92 heavy (non-hydrogen) atoms. The van der Waals surface area contributed by atoms with Crippen molar-refractivity contribution in [3.05, 3.63) is 22.2 Å². The Hall–Kier alpha value is -3.28. The molecular weight excluding hydrogens is 1260 g/mol. The topological polar surface area (TPSA) is 407 Å². The van der Waals surface area contributed by atoms with Crippen LogP contribution < -0.4 is 0 Å². The monoisotopic (exact) mass is 1340 g/mol. The van der Waals surface area contributed by atoms with Gasteiger partial charge in [-0.15, -0.1) is 0 Å². The van der Waals surface area contributed by atoms with E-state index in [0.717, 1.165) is 6.07 Å².